The molecular weight excluding hydrogens is 282 g/mol. The highest BCUT2D eigenvalue weighted by Crippen LogP contribution is 2.27. The zero-order valence-corrected chi connectivity index (χ0v) is 11.6. The van der Waals surface area contributed by atoms with Gasteiger partial charge in [0, 0.05) is 32.5 Å². The van der Waals surface area contributed by atoms with Crippen LogP contribution in [0, 0.1) is 10.1 Å². The number of carboxylic acids is 1. The first-order chi connectivity index (χ1) is 10.1. The molecule has 0 spiro atoms. The number of hydrogen-bond donors (Lipinski definition) is 1. The van der Waals surface area contributed by atoms with E-state index in [2.05, 4.69) is 0 Å². The Bertz CT molecular complexity index is 489. The van der Waals surface area contributed by atoms with E-state index in [0.717, 1.165) is 24.6 Å². The number of benzene rings is 1. The van der Waals surface area contributed by atoms with Gasteiger partial charge in [0.2, 0.25) is 0 Å². The van der Waals surface area contributed by atoms with Crippen LogP contribution in [0.3, 0.4) is 0 Å². The van der Waals surface area contributed by atoms with Crippen LogP contribution in [0.25, 0.3) is 0 Å². The number of aromatic carboxylic acids is 1. The monoisotopic (exact) mass is 299 g/mol. The molecule has 1 rings (SSSR count). The molecular formula is C13H17NO7. The maximum atomic E-state index is 10.8. The second kappa shape index (κ2) is 8.88. The van der Waals surface area contributed by atoms with Crippen LogP contribution in [0.1, 0.15) is 16.8 Å². The van der Waals surface area contributed by atoms with Crippen LogP contribution in [-0.2, 0) is 9.47 Å². The van der Waals surface area contributed by atoms with E-state index in [9.17, 15) is 14.9 Å². The minimum absolute atomic E-state index is 0.0726. The highest BCUT2D eigenvalue weighted by atomic mass is 16.6. The summed E-state index contributed by atoms with van der Waals surface area (Å²) in [6, 6.07) is 3.40. The fourth-order valence-electron chi connectivity index (χ4n) is 1.53. The summed E-state index contributed by atoms with van der Waals surface area (Å²) in [5.41, 5.74) is -0.351. The standard InChI is InChI=1S/C13H17NO7/c1-19-5-2-6-20-7-8-21-12-9-10(13(15)16)3-4-11(12)14(17)18/h3-4,9H,2,5-8H2,1H3,(H,15,16). The number of rotatable bonds is 10. The normalized spacial score (nSPS) is 10.3. The van der Waals surface area contributed by atoms with Crippen molar-refractivity contribution in [3.05, 3.63) is 33.9 Å². The lowest BCUT2D eigenvalue weighted by atomic mass is 10.2. The summed E-state index contributed by atoms with van der Waals surface area (Å²) in [4.78, 5) is 21.1. The molecule has 0 saturated carbocycles. The van der Waals surface area contributed by atoms with Gasteiger partial charge in [-0.25, -0.2) is 4.79 Å². The number of ether oxygens (including phenoxy) is 3. The van der Waals surface area contributed by atoms with Gasteiger partial charge >= 0.3 is 11.7 Å². The van der Waals surface area contributed by atoms with E-state index >= 15 is 0 Å². The third-order valence-corrected chi connectivity index (χ3v) is 2.53. The molecule has 0 bridgehead atoms. The first-order valence-electron chi connectivity index (χ1n) is 6.27. The maximum absolute atomic E-state index is 10.8. The van der Waals surface area contributed by atoms with Gasteiger partial charge in [-0.3, -0.25) is 10.1 Å². The van der Waals surface area contributed by atoms with Crippen molar-refractivity contribution < 1.29 is 29.0 Å². The molecule has 116 valence electrons. The molecule has 0 unspecified atom stereocenters. The Hall–Kier alpha value is -2.19. The lowest BCUT2D eigenvalue weighted by Crippen LogP contribution is -2.10. The average molecular weight is 299 g/mol. The Labute approximate surface area is 121 Å². The van der Waals surface area contributed by atoms with Gasteiger partial charge in [-0.2, -0.15) is 0 Å². The largest absolute Gasteiger partial charge is 0.484 e. The van der Waals surface area contributed by atoms with Crippen LogP contribution >= 0.6 is 0 Å². The summed E-state index contributed by atoms with van der Waals surface area (Å²) >= 11 is 0. The van der Waals surface area contributed by atoms with Gasteiger partial charge in [0.05, 0.1) is 17.1 Å². The molecule has 0 aliphatic carbocycles. The van der Waals surface area contributed by atoms with Crippen molar-refractivity contribution in [2.75, 3.05) is 33.5 Å². The number of nitrogens with zero attached hydrogens (tertiary/aromatic N) is 1. The fourth-order valence-corrected chi connectivity index (χ4v) is 1.53. The lowest BCUT2D eigenvalue weighted by Gasteiger charge is -2.08. The molecule has 21 heavy (non-hydrogen) atoms. The zero-order chi connectivity index (χ0) is 15.7. The number of methoxy groups -OCH3 is 1. The maximum Gasteiger partial charge on any atom is 0.335 e. The van der Waals surface area contributed by atoms with Crippen LogP contribution in [0.5, 0.6) is 5.75 Å². The van der Waals surface area contributed by atoms with Gasteiger partial charge in [0.1, 0.15) is 6.61 Å². The highest BCUT2D eigenvalue weighted by molar-refractivity contribution is 5.88. The molecule has 0 fully saturated rings. The van der Waals surface area contributed by atoms with E-state index in [1.165, 1.54) is 0 Å². The van der Waals surface area contributed by atoms with E-state index in [1.807, 2.05) is 0 Å². The Balaban J connectivity index is 2.53. The van der Waals surface area contributed by atoms with E-state index in [4.69, 9.17) is 19.3 Å². The van der Waals surface area contributed by atoms with Crippen molar-refractivity contribution in [1.82, 2.24) is 0 Å². The average Bonchev–Trinajstić information content (AvgIpc) is 2.45. The quantitative estimate of drug-likeness (QED) is 0.398. The van der Waals surface area contributed by atoms with E-state index in [-0.39, 0.29) is 30.2 Å². The topological polar surface area (TPSA) is 108 Å². The van der Waals surface area contributed by atoms with Crippen molar-refractivity contribution in [2.45, 2.75) is 6.42 Å². The first kappa shape index (κ1) is 16.9. The Morgan fingerprint density at radius 3 is 2.67 bits per heavy atom. The molecule has 8 heteroatoms. The van der Waals surface area contributed by atoms with Crippen molar-refractivity contribution in [1.29, 1.82) is 0 Å². The van der Waals surface area contributed by atoms with Crippen molar-refractivity contribution in [3.8, 4) is 5.75 Å². The smallest absolute Gasteiger partial charge is 0.335 e. The van der Waals surface area contributed by atoms with Crippen molar-refractivity contribution in [2.24, 2.45) is 0 Å². The molecule has 1 N–H and O–H groups in total. The summed E-state index contributed by atoms with van der Waals surface area (Å²) in [7, 11) is 1.59. The van der Waals surface area contributed by atoms with Crippen LogP contribution in [0.15, 0.2) is 18.2 Å². The van der Waals surface area contributed by atoms with Gasteiger partial charge in [-0.15, -0.1) is 0 Å². The van der Waals surface area contributed by atoms with Crippen LogP contribution in [0.4, 0.5) is 5.69 Å². The summed E-state index contributed by atoms with van der Waals surface area (Å²) in [6.45, 7) is 1.43. The second-order valence-electron chi connectivity index (χ2n) is 4.05. The highest BCUT2D eigenvalue weighted by Gasteiger charge is 2.17. The summed E-state index contributed by atoms with van der Waals surface area (Å²) in [5.74, 6) is -1.26. The Morgan fingerprint density at radius 1 is 1.29 bits per heavy atom. The van der Waals surface area contributed by atoms with Crippen molar-refractivity contribution >= 4 is 11.7 Å². The van der Waals surface area contributed by atoms with Gasteiger partial charge in [-0.05, 0) is 12.5 Å². The minimum Gasteiger partial charge on any atom is -0.484 e. The minimum atomic E-state index is -1.18. The lowest BCUT2D eigenvalue weighted by molar-refractivity contribution is -0.385. The number of nitro groups is 1. The molecule has 0 radical (unpaired) electrons. The van der Waals surface area contributed by atoms with E-state index in [0.29, 0.717) is 13.2 Å². The zero-order valence-electron chi connectivity index (χ0n) is 11.6. The van der Waals surface area contributed by atoms with Gasteiger partial charge in [0.25, 0.3) is 0 Å². The van der Waals surface area contributed by atoms with Gasteiger partial charge < -0.3 is 19.3 Å². The third kappa shape index (κ3) is 5.76. The summed E-state index contributed by atoms with van der Waals surface area (Å²) in [6.07, 6.45) is 0.741. The van der Waals surface area contributed by atoms with E-state index in [1.54, 1.807) is 7.11 Å². The van der Waals surface area contributed by atoms with Crippen LogP contribution in [0.2, 0.25) is 0 Å². The molecule has 0 saturated heterocycles. The molecule has 0 amide bonds. The van der Waals surface area contributed by atoms with Gasteiger partial charge in [-0.1, -0.05) is 0 Å². The molecule has 0 heterocycles. The fraction of sp³-hybridized carbons (Fsp3) is 0.462. The molecule has 1 aromatic rings. The van der Waals surface area contributed by atoms with Gasteiger partial charge in [0.15, 0.2) is 5.75 Å². The molecule has 0 aliphatic heterocycles. The number of carboxylic acid groups (broad SMARTS) is 1. The number of carbonyl (C=O) groups is 1. The predicted octanol–water partition coefficient (Wildman–Crippen LogP) is 1.72. The predicted molar refractivity (Wildman–Crippen MR) is 72.9 cm³/mol. The number of hydrogen-bond acceptors (Lipinski definition) is 6. The molecule has 0 aromatic heterocycles. The third-order valence-electron chi connectivity index (χ3n) is 2.53. The van der Waals surface area contributed by atoms with E-state index < -0.39 is 10.9 Å². The number of nitro benzene ring substituents is 1. The second-order valence-corrected chi connectivity index (χ2v) is 4.05. The Kier molecular flexibility index (Phi) is 7.13. The molecule has 0 atom stereocenters. The van der Waals surface area contributed by atoms with Crippen LogP contribution in [-0.4, -0.2) is 49.5 Å². The summed E-state index contributed by atoms with van der Waals surface area (Å²) < 4.78 is 15.3. The molecule has 0 aliphatic rings. The van der Waals surface area contributed by atoms with Crippen LogP contribution < -0.4 is 4.74 Å². The Morgan fingerprint density at radius 2 is 2.05 bits per heavy atom. The SMILES string of the molecule is COCCCOCCOc1cc(C(=O)O)ccc1[N+](=O)[O-]. The first-order valence-corrected chi connectivity index (χ1v) is 6.27. The van der Waals surface area contributed by atoms with Crippen molar-refractivity contribution in [3.63, 3.8) is 0 Å². The molecule has 8 nitrogen and oxygen atoms in total. The molecule has 1 aromatic carbocycles. The summed E-state index contributed by atoms with van der Waals surface area (Å²) in [5, 5.41) is 19.7.